The van der Waals surface area contributed by atoms with E-state index in [-0.39, 0.29) is 0 Å². The summed E-state index contributed by atoms with van der Waals surface area (Å²) in [4.78, 5) is 42.8. The lowest BCUT2D eigenvalue weighted by molar-refractivity contribution is -0.136. The van der Waals surface area contributed by atoms with Gasteiger partial charge in [-0.3, -0.25) is 9.59 Å². The number of carbonyl (C=O) groups is 3. The third kappa shape index (κ3) is 5.05. The van der Waals surface area contributed by atoms with Gasteiger partial charge in [-0.1, -0.05) is 23.5 Å². The minimum atomic E-state index is -0.734. The molecule has 0 radical (unpaired) electrons. The van der Waals surface area contributed by atoms with Crippen molar-refractivity contribution in [2.24, 2.45) is 5.92 Å². The van der Waals surface area contributed by atoms with Gasteiger partial charge in [-0.05, 0) is 55.2 Å². The minimum Gasteiger partial charge on any atom is -0.465 e. The fraction of sp³-hybridized carbons (Fsp3) is 0.304. The van der Waals surface area contributed by atoms with Crippen molar-refractivity contribution in [3.63, 3.8) is 0 Å². The Bertz CT molecular complexity index is 1090. The Hall–Kier alpha value is -3.46. The van der Waals surface area contributed by atoms with Gasteiger partial charge in [0.1, 0.15) is 0 Å². The molecule has 0 spiro atoms. The first-order valence-electron chi connectivity index (χ1n) is 10.4. The van der Waals surface area contributed by atoms with Gasteiger partial charge < -0.3 is 20.3 Å². The van der Waals surface area contributed by atoms with Crippen LogP contribution in [0.2, 0.25) is 0 Å². The first-order chi connectivity index (χ1) is 15.5. The molecular weight excluding hydrogens is 428 g/mol. The minimum absolute atomic E-state index is 0.316. The number of nitrogens with one attached hydrogen (secondary N) is 2. The van der Waals surface area contributed by atoms with Crippen molar-refractivity contribution in [2.45, 2.75) is 12.8 Å². The Morgan fingerprint density at radius 3 is 2.47 bits per heavy atom. The van der Waals surface area contributed by atoms with Crippen molar-refractivity contribution in [2.75, 3.05) is 37.0 Å². The number of fused-ring (bicyclic) bond motifs is 1. The molecule has 32 heavy (non-hydrogen) atoms. The number of carbonyl (C=O) groups excluding carboxylic acids is 3. The molecule has 0 aliphatic carbocycles. The second-order valence-electron chi connectivity index (χ2n) is 7.63. The Morgan fingerprint density at radius 2 is 1.78 bits per heavy atom. The maximum atomic E-state index is 12.2. The summed E-state index contributed by atoms with van der Waals surface area (Å²) < 4.78 is 5.82. The lowest BCUT2D eigenvalue weighted by atomic mass is 9.97. The van der Waals surface area contributed by atoms with Crippen molar-refractivity contribution >= 4 is 50.2 Å². The molecule has 0 atom stereocenters. The van der Waals surface area contributed by atoms with E-state index in [1.165, 1.54) is 23.9 Å². The number of hydrogen-bond donors (Lipinski definition) is 2. The Morgan fingerprint density at radius 1 is 1.06 bits per heavy atom. The highest BCUT2D eigenvalue weighted by atomic mass is 32.1. The zero-order valence-electron chi connectivity index (χ0n) is 17.7. The third-order valence-electron chi connectivity index (χ3n) is 5.49. The molecule has 2 N–H and O–H groups in total. The summed E-state index contributed by atoms with van der Waals surface area (Å²) in [5.41, 5.74) is 1.82. The lowest BCUT2D eigenvalue weighted by Gasteiger charge is -2.31. The molecule has 3 aromatic rings. The number of ether oxygens (including phenoxy) is 1. The molecule has 1 aliphatic heterocycles. The van der Waals surface area contributed by atoms with Crippen LogP contribution in [0.4, 0.5) is 10.8 Å². The molecule has 1 saturated heterocycles. The van der Waals surface area contributed by atoms with Gasteiger partial charge in [0.25, 0.3) is 0 Å². The number of aromatic nitrogens is 1. The number of esters is 1. The summed E-state index contributed by atoms with van der Waals surface area (Å²) in [6, 6.07) is 14.3. The van der Waals surface area contributed by atoms with E-state index in [1.54, 1.807) is 23.5 Å². The molecule has 2 heterocycles. The van der Waals surface area contributed by atoms with Gasteiger partial charge in [-0.25, -0.2) is 9.78 Å². The van der Waals surface area contributed by atoms with Crippen molar-refractivity contribution in [3.8, 4) is 0 Å². The van der Waals surface area contributed by atoms with Crippen LogP contribution in [-0.2, 0) is 14.3 Å². The molecule has 1 fully saturated rings. The number of piperidine rings is 1. The first kappa shape index (κ1) is 21.8. The van der Waals surface area contributed by atoms with Crippen LogP contribution in [0.1, 0.15) is 23.2 Å². The van der Waals surface area contributed by atoms with Crippen molar-refractivity contribution < 1.29 is 19.1 Å². The van der Waals surface area contributed by atoms with E-state index in [9.17, 15) is 14.4 Å². The molecule has 1 aliphatic rings. The molecular formula is C23H24N4O4S. The number of hydrogen-bond acceptors (Lipinski definition) is 7. The van der Waals surface area contributed by atoms with Crippen LogP contribution in [0.15, 0.2) is 48.5 Å². The van der Waals surface area contributed by atoms with Gasteiger partial charge in [-0.2, -0.15) is 0 Å². The molecule has 1 aromatic heterocycles. The van der Waals surface area contributed by atoms with Crippen LogP contribution in [-0.4, -0.2) is 49.5 Å². The van der Waals surface area contributed by atoms with Crippen LogP contribution in [0.5, 0.6) is 0 Å². The number of methoxy groups -OCH3 is 1. The highest BCUT2D eigenvalue weighted by molar-refractivity contribution is 7.22. The number of para-hydroxylation sites is 1. The van der Waals surface area contributed by atoms with E-state index in [2.05, 4.69) is 26.3 Å². The molecule has 0 saturated carbocycles. The van der Waals surface area contributed by atoms with Crippen molar-refractivity contribution in [1.82, 2.24) is 10.3 Å². The van der Waals surface area contributed by atoms with Crippen molar-refractivity contribution in [3.05, 3.63) is 54.1 Å². The van der Waals surface area contributed by atoms with Gasteiger partial charge in [0.05, 0.1) is 22.9 Å². The molecule has 2 amide bonds. The van der Waals surface area contributed by atoms with Crippen LogP contribution < -0.4 is 15.5 Å². The second kappa shape index (κ2) is 9.78. The summed E-state index contributed by atoms with van der Waals surface area (Å²) in [6.07, 6.45) is 1.85. The Labute approximate surface area is 189 Å². The largest absolute Gasteiger partial charge is 0.465 e. The molecule has 166 valence electrons. The monoisotopic (exact) mass is 452 g/mol. The van der Waals surface area contributed by atoms with Gasteiger partial charge in [0, 0.05) is 25.3 Å². The van der Waals surface area contributed by atoms with Crippen LogP contribution >= 0.6 is 11.3 Å². The van der Waals surface area contributed by atoms with Crippen LogP contribution in [0.3, 0.4) is 0 Å². The fourth-order valence-corrected chi connectivity index (χ4v) is 4.65. The number of amides is 2. The summed E-state index contributed by atoms with van der Waals surface area (Å²) in [7, 11) is 1.30. The SMILES string of the molecule is COC(=O)c1ccc(NC(=O)C(=O)NCC2CCN(c3nc4ccccc4s3)CC2)cc1. The molecule has 0 bridgehead atoms. The number of nitrogens with zero attached hydrogens (tertiary/aromatic N) is 2. The average Bonchev–Trinajstić information content (AvgIpc) is 3.27. The van der Waals surface area contributed by atoms with E-state index in [0.717, 1.165) is 36.6 Å². The van der Waals surface area contributed by atoms with E-state index < -0.39 is 17.8 Å². The molecule has 4 rings (SSSR count). The van der Waals surface area contributed by atoms with Crippen LogP contribution in [0, 0.1) is 5.92 Å². The lowest BCUT2D eigenvalue weighted by Crippen LogP contribution is -2.41. The average molecular weight is 453 g/mol. The molecule has 0 unspecified atom stereocenters. The maximum absolute atomic E-state index is 12.2. The summed E-state index contributed by atoms with van der Waals surface area (Å²) in [5, 5.41) is 6.30. The fourth-order valence-electron chi connectivity index (χ4n) is 3.64. The standard InChI is InChI=1S/C23H24N4O4S/c1-31-22(30)16-6-8-17(9-7-16)25-21(29)20(28)24-14-15-10-12-27(13-11-15)23-26-18-4-2-3-5-19(18)32-23/h2-9,15H,10-14H2,1H3,(H,24,28)(H,25,29). The zero-order valence-corrected chi connectivity index (χ0v) is 18.5. The summed E-state index contributed by atoms with van der Waals surface area (Å²) in [6.45, 7) is 2.21. The Balaban J connectivity index is 1.22. The molecule has 9 heteroatoms. The van der Waals surface area contributed by atoms with Gasteiger partial charge in [-0.15, -0.1) is 0 Å². The number of anilines is 2. The highest BCUT2D eigenvalue weighted by Gasteiger charge is 2.23. The van der Waals surface area contributed by atoms with Crippen molar-refractivity contribution in [1.29, 1.82) is 0 Å². The smallest absolute Gasteiger partial charge is 0.337 e. The van der Waals surface area contributed by atoms with Crippen LogP contribution in [0.25, 0.3) is 10.2 Å². The molecule has 8 nitrogen and oxygen atoms in total. The quantitative estimate of drug-likeness (QED) is 0.456. The zero-order chi connectivity index (χ0) is 22.5. The first-order valence-corrected chi connectivity index (χ1v) is 11.2. The third-order valence-corrected chi connectivity index (χ3v) is 6.59. The summed E-state index contributed by atoms with van der Waals surface area (Å²) >= 11 is 1.70. The number of rotatable bonds is 5. The van der Waals surface area contributed by atoms with E-state index in [0.29, 0.717) is 23.7 Å². The molecule has 2 aromatic carbocycles. The van der Waals surface area contributed by atoms with E-state index >= 15 is 0 Å². The number of thiazole rings is 1. The highest BCUT2D eigenvalue weighted by Crippen LogP contribution is 2.31. The predicted octanol–water partition coefficient (Wildman–Crippen LogP) is 3.05. The topological polar surface area (TPSA) is 101 Å². The second-order valence-corrected chi connectivity index (χ2v) is 8.64. The normalized spacial score (nSPS) is 14.2. The maximum Gasteiger partial charge on any atom is 0.337 e. The van der Waals surface area contributed by atoms with E-state index in [4.69, 9.17) is 4.98 Å². The van der Waals surface area contributed by atoms with Gasteiger partial charge in [0.15, 0.2) is 5.13 Å². The van der Waals surface area contributed by atoms with E-state index in [1.807, 2.05) is 18.2 Å². The Kier molecular flexibility index (Phi) is 6.65. The summed E-state index contributed by atoms with van der Waals surface area (Å²) in [5.74, 6) is -1.55. The van der Waals surface area contributed by atoms with Gasteiger partial charge in [0.2, 0.25) is 0 Å². The predicted molar refractivity (Wildman–Crippen MR) is 124 cm³/mol. The number of benzene rings is 2. The van der Waals surface area contributed by atoms with Gasteiger partial charge >= 0.3 is 17.8 Å².